The molecule has 2 heterocycles. The molecule has 1 N–H and O–H groups in total. The summed E-state index contributed by atoms with van der Waals surface area (Å²) in [6, 6.07) is 9.56. The highest BCUT2D eigenvalue weighted by atomic mass is 35.5. The quantitative estimate of drug-likeness (QED) is 0.593. The number of methoxy groups -OCH3 is 1. The largest absolute Gasteiger partial charge is 0.497 e. The summed E-state index contributed by atoms with van der Waals surface area (Å²) in [6.07, 6.45) is 3.85. The van der Waals surface area contributed by atoms with Crippen LogP contribution in [0.3, 0.4) is 0 Å². The molecule has 0 aliphatic carbocycles. The molecule has 29 heavy (non-hydrogen) atoms. The van der Waals surface area contributed by atoms with E-state index in [-0.39, 0.29) is 15.6 Å². The minimum atomic E-state index is -3.88. The first-order valence-electron chi connectivity index (χ1n) is 9.09. The van der Waals surface area contributed by atoms with Crippen LogP contribution >= 0.6 is 23.2 Å². The van der Waals surface area contributed by atoms with Gasteiger partial charge in [-0.15, -0.1) is 0 Å². The van der Waals surface area contributed by atoms with Crippen molar-refractivity contribution < 1.29 is 13.2 Å². The second-order valence-corrected chi connectivity index (χ2v) is 9.24. The first-order valence-corrected chi connectivity index (χ1v) is 11.3. The fourth-order valence-electron chi connectivity index (χ4n) is 3.51. The number of hydrogen-bond acceptors (Lipinski definition) is 5. The third-order valence-electron chi connectivity index (χ3n) is 4.95. The van der Waals surface area contributed by atoms with Gasteiger partial charge in [-0.3, -0.25) is 9.71 Å². The molecule has 4 rings (SSSR count). The summed E-state index contributed by atoms with van der Waals surface area (Å²) < 4.78 is 33.6. The van der Waals surface area contributed by atoms with Crippen molar-refractivity contribution in [3.05, 3.63) is 52.6 Å². The highest BCUT2D eigenvalue weighted by Crippen LogP contribution is 2.41. The van der Waals surface area contributed by atoms with Crippen LogP contribution in [0.5, 0.6) is 5.75 Å². The number of nitrogens with zero attached hydrogens (tertiary/aromatic N) is 2. The zero-order valence-corrected chi connectivity index (χ0v) is 18.0. The van der Waals surface area contributed by atoms with E-state index >= 15 is 0 Å². The molecule has 3 aromatic rings. The van der Waals surface area contributed by atoms with Gasteiger partial charge in [0.2, 0.25) is 0 Å². The van der Waals surface area contributed by atoms with Crippen LogP contribution in [-0.2, 0) is 10.0 Å². The summed E-state index contributed by atoms with van der Waals surface area (Å²) >= 11 is 12.9. The maximum absolute atomic E-state index is 12.9. The maximum Gasteiger partial charge on any atom is 0.262 e. The van der Waals surface area contributed by atoms with Crippen LogP contribution in [0.15, 0.2) is 47.5 Å². The predicted molar refractivity (Wildman–Crippen MR) is 117 cm³/mol. The van der Waals surface area contributed by atoms with Gasteiger partial charge in [-0.25, -0.2) is 8.42 Å². The zero-order valence-electron chi connectivity index (χ0n) is 15.7. The normalized spacial score (nSPS) is 14.4. The molecule has 1 aliphatic rings. The van der Waals surface area contributed by atoms with Gasteiger partial charge in [0.05, 0.1) is 33.3 Å². The van der Waals surface area contributed by atoms with Crippen molar-refractivity contribution in [3.8, 4) is 5.75 Å². The smallest absolute Gasteiger partial charge is 0.262 e. The van der Waals surface area contributed by atoms with Crippen LogP contribution in [0.4, 0.5) is 11.4 Å². The van der Waals surface area contributed by atoms with Crippen LogP contribution in [0.1, 0.15) is 12.8 Å². The number of hydrogen-bond donors (Lipinski definition) is 1. The highest BCUT2D eigenvalue weighted by Gasteiger charge is 2.23. The molecule has 9 heteroatoms. The van der Waals surface area contributed by atoms with Gasteiger partial charge in [0.1, 0.15) is 5.75 Å². The average molecular weight is 452 g/mol. The van der Waals surface area contributed by atoms with Gasteiger partial charge in [-0.1, -0.05) is 23.2 Å². The molecule has 1 fully saturated rings. The van der Waals surface area contributed by atoms with Gasteiger partial charge in [-0.2, -0.15) is 0 Å². The summed E-state index contributed by atoms with van der Waals surface area (Å²) in [5, 5.41) is 1.31. The van der Waals surface area contributed by atoms with E-state index in [0.29, 0.717) is 21.7 Å². The molecule has 1 aliphatic heterocycles. The van der Waals surface area contributed by atoms with E-state index in [2.05, 4.69) is 14.6 Å². The minimum Gasteiger partial charge on any atom is -0.497 e. The second-order valence-electron chi connectivity index (χ2n) is 6.74. The Labute approximate surface area is 179 Å². The number of halogens is 2. The summed E-state index contributed by atoms with van der Waals surface area (Å²) in [5.74, 6) is 0.566. The third-order valence-corrected chi connectivity index (χ3v) is 6.91. The molecule has 2 aromatic carbocycles. The lowest BCUT2D eigenvalue weighted by Crippen LogP contribution is -2.18. The van der Waals surface area contributed by atoms with Crippen molar-refractivity contribution in [2.75, 3.05) is 29.8 Å². The molecule has 0 atom stereocenters. The Balaban J connectivity index is 1.82. The Hall–Kier alpha value is -2.22. The molecule has 0 bridgehead atoms. The van der Waals surface area contributed by atoms with E-state index in [4.69, 9.17) is 27.9 Å². The van der Waals surface area contributed by atoms with Gasteiger partial charge in [-0.05, 0) is 49.2 Å². The molecule has 0 unspecified atom stereocenters. The SMILES string of the molecule is COc1ccc(S(=O)(=O)Nc2c(Cl)cc(Cl)c3c(N4CCCC4)ccnc23)cc1. The fourth-order valence-corrected chi connectivity index (χ4v) is 5.25. The Bertz CT molecular complexity index is 1160. The molecular weight excluding hydrogens is 433 g/mol. The average Bonchev–Trinajstić information content (AvgIpc) is 3.25. The number of fused-ring (bicyclic) bond motifs is 1. The molecule has 1 saturated heterocycles. The first kappa shape index (κ1) is 20.1. The van der Waals surface area contributed by atoms with Crippen molar-refractivity contribution in [1.82, 2.24) is 4.98 Å². The Morgan fingerprint density at radius 2 is 1.76 bits per heavy atom. The van der Waals surface area contributed by atoms with E-state index in [9.17, 15) is 8.42 Å². The molecule has 0 saturated carbocycles. The number of benzene rings is 2. The zero-order chi connectivity index (χ0) is 20.6. The number of pyridine rings is 1. The van der Waals surface area contributed by atoms with Gasteiger partial charge < -0.3 is 9.64 Å². The lowest BCUT2D eigenvalue weighted by Gasteiger charge is -2.21. The monoisotopic (exact) mass is 451 g/mol. The van der Waals surface area contributed by atoms with Crippen LogP contribution in [0.2, 0.25) is 10.0 Å². The Kier molecular flexibility index (Phi) is 5.46. The van der Waals surface area contributed by atoms with E-state index in [1.807, 2.05) is 6.07 Å². The summed E-state index contributed by atoms with van der Waals surface area (Å²) in [5.41, 5.74) is 1.56. The predicted octanol–water partition coefficient (Wildman–Crippen LogP) is 4.95. The molecule has 0 radical (unpaired) electrons. The van der Waals surface area contributed by atoms with Crippen molar-refractivity contribution in [1.29, 1.82) is 0 Å². The second kappa shape index (κ2) is 7.89. The molecule has 0 amide bonds. The lowest BCUT2D eigenvalue weighted by molar-refractivity contribution is 0.414. The van der Waals surface area contributed by atoms with Gasteiger partial charge >= 0.3 is 0 Å². The van der Waals surface area contributed by atoms with Crippen LogP contribution < -0.4 is 14.4 Å². The van der Waals surface area contributed by atoms with E-state index in [0.717, 1.165) is 31.6 Å². The number of ether oxygens (including phenoxy) is 1. The number of aromatic nitrogens is 1. The van der Waals surface area contributed by atoms with Crippen LogP contribution in [0, 0.1) is 0 Å². The summed E-state index contributed by atoms with van der Waals surface area (Å²) in [6.45, 7) is 1.84. The molecule has 152 valence electrons. The molecule has 0 spiro atoms. The Morgan fingerprint density at radius 3 is 2.41 bits per heavy atom. The fraction of sp³-hybridized carbons (Fsp3) is 0.250. The number of nitrogens with one attached hydrogen (secondary N) is 1. The van der Waals surface area contributed by atoms with E-state index < -0.39 is 10.0 Å². The van der Waals surface area contributed by atoms with Crippen LogP contribution in [0.25, 0.3) is 10.9 Å². The van der Waals surface area contributed by atoms with Crippen LogP contribution in [-0.4, -0.2) is 33.6 Å². The molecule has 6 nitrogen and oxygen atoms in total. The number of anilines is 2. The van der Waals surface area contributed by atoms with Gasteiger partial charge in [0.15, 0.2) is 0 Å². The Morgan fingerprint density at radius 1 is 1.07 bits per heavy atom. The third kappa shape index (κ3) is 3.82. The standard InChI is InChI=1S/C20H19Cl2N3O3S/c1-28-13-4-6-14(7-5-13)29(26,27)24-19-16(22)12-15(21)18-17(8-9-23-20(18)19)25-10-2-3-11-25/h4-9,12,24H,2-3,10-11H2,1H3. The molecule has 1 aromatic heterocycles. The van der Waals surface area contributed by atoms with Crippen molar-refractivity contribution >= 4 is 55.5 Å². The van der Waals surface area contributed by atoms with E-state index in [1.54, 1.807) is 24.4 Å². The van der Waals surface area contributed by atoms with Crippen molar-refractivity contribution in [3.63, 3.8) is 0 Å². The topological polar surface area (TPSA) is 71.5 Å². The lowest BCUT2D eigenvalue weighted by atomic mass is 10.1. The number of sulfonamides is 1. The van der Waals surface area contributed by atoms with Crippen molar-refractivity contribution in [2.24, 2.45) is 0 Å². The first-order chi connectivity index (χ1) is 13.9. The highest BCUT2D eigenvalue weighted by molar-refractivity contribution is 7.92. The van der Waals surface area contributed by atoms with Gasteiger partial charge in [0.25, 0.3) is 10.0 Å². The molecular formula is C20H19Cl2N3O3S. The minimum absolute atomic E-state index is 0.0909. The van der Waals surface area contributed by atoms with Gasteiger partial charge in [0, 0.05) is 30.4 Å². The summed E-state index contributed by atoms with van der Waals surface area (Å²) in [4.78, 5) is 6.72. The van der Waals surface area contributed by atoms with Crippen molar-refractivity contribution in [2.45, 2.75) is 17.7 Å². The maximum atomic E-state index is 12.9. The summed E-state index contributed by atoms with van der Waals surface area (Å²) in [7, 11) is -2.36. The van der Waals surface area contributed by atoms with E-state index in [1.165, 1.54) is 19.2 Å². The number of rotatable bonds is 5.